The number of aromatic nitrogens is 3. The summed E-state index contributed by atoms with van der Waals surface area (Å²) in [5.74, 6) is 0.312. The van der Waals surface area contributed by atoms with Crippen molar-refractivity contribution in [1.82, 2.24) is 15.2 Å². The van der Waals surface area contributed by atoms with Crippen LogP contribution in [0, 0.1) is 0 Å². The monoisotopic (exact) mass is 367 g/mol. The van der Waals surface area contributed by atoms with E-state index in [1.54, 1.807) is 36.7 Å². The highest BCUT2D eigenvalue weighted by molar-refractivity contribution is 9.10. The van der Waals surface area contributed by atoms with Gasteiger partial charge in [-0.05, 0) is 30.3 Å². The number of pyridine rings is 1. The maximum absolute atomic E-state index is 12.5. The average Bonchev–Trinajstić information content (AvgIpc) is 2.99. The molecule has 0 bridgehead atoms. The van der Waals surface area contributed by atoms with Gasteiger partial charge < -0.3 is 9.15 Å². The standard InChI is InChI=1S/C14H8BrF2N3O2/c15-9-1-2-11(21-14(16)17)10(7-9)13-20-19-12(22-13)8-3-5-18-6-4-8/h1-7,14H. The molecule has 112 valence electrons. The van der Waals surface area contributed by atoms with Crippen molar-refractivity contribution in [3.05, 3.63) is 47.2 Å². The molecule has 0 radical (unpaired) electrons. The number of nitrogens with zero attached hydrogens (tertiary/aromatic N) is 3. The van der Waals surface area contributed by atoms with Crippen molar-refractivity contribution >= 4 is 15.9 Å². The molecule has 0 aliphatic rings. The minimum Gasteiger partial charge on any atom is -0.434 e. The topological polar surface area (TPSA) is 61.0 Å². The van der Waals surface area contributed by atoms with E-state index in [-0.39, 0.29) is 23.1 Å². The van der Waals surface area contributed by atoms with Crippen LogP contribution in [-0.2, 0) is 0 Å². The minimum atomic E-state index is -2.94. The van der Waals surface area contributed by atoms with Crippen molar-refractivity contribution in [2.45, 2.75) is 6.61 Å². The summed E-state index contributed by atoms with van der Waals surface area (Å²) < 4.78 is 35.6. The Morgan fingerprint density at radius 3 is 2.50 bits per heavy atom. The predicted molar refractivity (Wildman–Crippen MR) is 77.3 cm³/mol. The van der Waals surface area contributed by atoms with Gasteiger partial charge >= 0.3 is 6.61 Å². The first-order valence-corrected chi connectivity index (χ1v) is 6.91. The smallest absolute Gasteiger partial charge is 0.387 e. The van der Waals surface area contributed by atoms with E-state index in [0.717, 1.165) is 0 Å². The summed E-state index contributed by atoms with van der Waals surface area (Å²) in [4.78, 5) is 3.89. The van der Waals surface area contributed by atoms with Crippen molar-refractivity contribution in [2.75, 3.05) is 0 Å². The second kappa shape index (κ2) is 6.18. The SMILES string of the molecule is FC(F)Oc1ccc(Br)cc1-c1nnc(-c2ccncc2)o1. The van der Waals surface area contributed by atoms with Crippen LogP contribution in [0.2, 0.25) is 0 Å². The molecule has 22 heavy (non-hydrogen) atoms. The zero-order chi connectivity index (χ0) is 15.5. The lowest BCUT2D eigenvalue weighted by Gasteiger charge is -2.08. The second-order valence-electron chi connectivity index (χ2n) is 4.17. The summed E-state index contributed by atoms with van der Waals surface area (Å²) in [5, 5.41) is 7.80. The zero-order valence-electron chi connectivity index (χ0n) is 10.9. The first-order valence-electron chi connectivity index (χ1n) is 6.12. The van der Waals surface area contributed by atoms with E-state index in [1.807, 2.05) is 0 Å². The van der Waals surface area contributed by atoms with Gasteiger partial charge in [-0.15, -0.1) is 10.2 Å². The van der Waals surface area contributed by atoms with E-state index < -0.39 is 6.61 Å². The number of alkyl halides is 2. The van der Waals surface area contributed by atoms with Crippen LogP contribution in [0.1, 0.15) is 0 Å². The van der Waals surface area contributed by atoms with Crippen molar-refractivity contribution in [3.8, 4) is 28.7 Å². The molecule has 0 amide bonds. The van der Waals surface area contributed by atoms with Gasteiger partial charge in [-0.1, -0.05) is 15.9 Å². The van der Waals surface area contributed by atoms with Gasteiger partial charge in [-0.3, -0.25) is 4.98 Å². The molecule has 2 aromatic heterocycles. The van der Waals surface area contributed by atoms with Gasteiger partial charge in [0, 0.05) is 22.4 Å². The number of hydrogen-bond acceptors (Lipinski definition) is 5. The summed E-state index contributed by atoms with van der Waals surface area (Å²) in [7, 11) is 0. The van der Waals surface area contributed by atoms with E-state index in [4.69, 9.17) is 4.42 Å². The quantitative estimate of drug-likeness (QED) is 0.692. The maximum Gasteiger partial charge on any atom is 0.387 e. The molecule has 2 heterocycles. The Morgan fingerprint density at radius 2 is 1.77 bits per heavy atom. The lowest BCUT2D eigenvalue weighted by molar-refractivity contribution is -0.0495. The highest BCUT2D eigenvalue weighted by Gasteiger charge is 2.17. The van der Waals surface area contributed by atoms with Gasteiger partial charge in [0.05, 0.1) is 5.56 Å². The van der Waals surface area contributed by atoms with Crippen molar-refractivity contribution in [1.29, 1.82) is 0 Å². The molecule has 0 saturated heterocycles. The third-order valence-corrected chi connectivity index (χ3v) is 3.23. The Hall–Kier alpha value is -2.35. The molecule has 3 aromatic rings. The highest BCUT2D eigenvalue weighted by atomic mass is 79.9. The Bertz CT molecular complexity index is 781. The van der Waals surface area contributed by atoms with Crippen molar-refractivity contribution in [3.63, 3.8) is 0 Å². The summed E-state index contributed by atoms with van der Waals surface area (Å²) in [5.41, 5.74) is 0.961. The van der Waals surface area contributed by atoms with Crippen LogP contribution in [0.25, 0.3) is 22.9 Å². The second-order valence-corrected chi connectivity index (χ2v) is 5.08. The maximum atomic E-state index is 12.5. The molecular weight excluding hydrogens is 360 g/mol. The van der Waals surface area contributed by atoms with Crippen LogP contribution in [0.3, 0.4) is 0 Å². The molecule has 1 aromatic carbocycles. The van der Waals surface area contributed by atoms with Crippen LogP contribution in [0.5, 0.6) is 5.75 Å². The van der Waals surface area contributed by atoms with E-state index in [9.17, 15) is 8.78 Å². The molecule has 0 fully saturated rings. The summed E-state index contributed by atoms with van der Waals surface area (Å²) in [6.07, 6.45) is 3.17. The number of benzene rings is 1. The summed E-state index contributed by atoms with van der Waals surface area (Å²) >= 11 is 3.27. The molecule has 0 atom stereocenters. The lowest BCUT2D eigenvalue weighted by Crippen LogP contribution is -2.03. The summed E-state index contributed by atoms with van der Waals surface area (Å²) in [6, 6.07) is 7.97. The molecule has 0 aliphatic heterocycles. The molecule has 8 heteroatoms. The number of halogens is 3. The van der Waals surface area contributed by atoms with Crippen LogP contribution >= 0.6 is 15.9 Å². The number of ether oxygens (including phenoxy) is 1. The fourth-order valence-corrected chi connectivity index (χ4v) is 2.17. The average molecular weight is 368 g/mol. The minimum absolute atomic E-state index is 0.0388. The van der Waals surface area contributed by atoms with Gasteiger partial charge in [-0.2, -0.15) is 8.78 Å². The molecule has 3 rings (SSSR count). The molecular formula is C14H8BrF2N3O2. The molecule has 0 unspecified atom stereocenters. The van der Waals surface area contributed by atoms with Crippen molar-refractivity contribution < 1.29 is 17.9 Å². The fraction of sp³-hybridized carbons (Fsp3) is 0.0714. The molecule has 0 saturated carbocycles. The summed E-state index contributed by atoms with van der Waals surface area (Å²) in [6.45, 7) is -2.94. The number of rotatable bonds is 4. The van der Waals surface area contributed by atoms with E-state index in [2.05, 4.69) is 35.8 Å². The lowest BCUT2D eigenvalue weighted by atomic mass is 10.2. The Kier molecular flexibility index (Phi) is 4.10. The van der Waals surface area contributed by atoms with Crippen LogP contribution < -0.4 is 4.74 Å². The van der Waals surface area contributed by atoms with Gasteiger partial charge in [0.25, 0.3) is 5.89 Å². The molecule has 0 N–H and O–H groups in total. The first kappa shape index (κ1) is 14.6. The van der Waals surface area contributed by atoms with Crippen LogP contribution in [-0.4, -0.2) is 21.8 Å². The van der Waals surface area contributed by atoms with Gasteiger partial charge in [0.1, 0.15) is 5.75 Å². The van der Waals surface area contributed by atoms with E-state index in [1.165, 1.54) is 6.07 Å². The number of hydrogen-bond donors (Lipinski definition) is 0. The first-order chi connectivity index (χ1) is 10.6. The zero-order valence-corrected chi connectivity index (χ0v) is 12.5. The third-order valence-electron chi connectivity index (χ3n) is 2.74. The molecule has 5 nitrogen and oxygen atoms in total. The van der Waals surface area contributed by atoms with Crippen molar-refractivity contribution in [2.24, 2.45) is 0 Å². The molecule has 0 aliphatic carbocycles. The predicted octanol–water partition coefficient (Wildman–Crippen LogP) is 4.16. The van der Waals surface area contributed by atoms with E-state index in [0.29, 0.717) is 10.0 Å². The highest BCUT2D eigenvalue weighted by Crippen LogP contribution is 2.34. The van der Waals surface area contributed by atoms with Gasteiger partial charge in [0.15, 0.2) is 0 Å². The van der Waals surface area contributed by atoms with E-state index >= 15 is 0 Å². The van der Waals surface area contributed by atoms with Gasteiger partial charge in [0.2, 0.25) is 5.89 Å². The Morgan fingerprint density at radius 1 is 1.05 bits per heavy atom. The fourth-order valence-electron chi connectivity index (χ4n) is 1.81. The Labute approximate surface area is 132 Å². The Balaban J connectivity index is 2.01. The van der Waals surface area contributed by atoms with Gasteiger partial charge in [-0.25, -0.2) is 0 Å². The van der Waals surface area contributed by atoms with Crippen LogP contribution in [0.4, 0.5) is 8.78 Å². The molecule has 0 spiro atoms. The van der Waals surface area contributed by atoms with Crippen LogP contribution in [0.15, 0.2) is 51.6 Å². The third kappa shape index (κ3) is 3.11. The normalized spacial score (nSPS) is 10.9. The largest absolute Gasteiger partial charge is 0.434 e.